The van der Waals surface area contributed by atoms with Gasteiger partial charge in [0.15, 0.2) is 0 Å². The number of hydrogen-bond donors (Lipinski definition) is 3. The lowest BCUT2D eigenvalue weighted by molar-refractivity contribution is -0.0790. The maximum Gasteiger partial charge on any atom is 0.409 e. The van der Waals surface area contributed by atoms with Gasteiger partial charge in [0, 0.05) is 24.3 Å². The third-order valence-electron chi connectivity index (χ3n) is 3.16. The number of aliphatic hydroxyl groups excluding tert-OH is 2. The van der Waals surface area contributed by atoms with Gasteiger partial charge >= 0.3 is 11.9 Å². The summed E-state index contributed by atoms with van der Waals surface area (Å²) >= 11 is 0. The van der Waals surface area contributed by atoms with Crippen LogP contribution in [0.5, 0.6) is 0 Å². The number of allylic oxidation sites excluding steroid dienone is 1. The minimum absolute atomic E-state index is 0.000837. The van der Waals surface area contributed by atoms with Crippen LogP contribution in [0.15, 0.2) is 17.1 Å². The molecule has 1 fully saturated rings. The predicted octanol–water partition coefficient (Wildman–Crippen LogP) is 0.0417. The highest BCUT2D eigenvalue weighted by Gasteiger charge is 2.35. The maximum atomic E-state index is 12.2. The van der Waals surface area contributed by atoms with Crippen molar-refractivity contribution in [3.05, 3.63) is 28.3 Å². The molecule has 1 aliphatic heterocycles. The maximum absolute atomic E-state index is 12.2. The molecule has 4 N–H and O–H groups in total. The van der Waals surface area contributed by atoms with Crippen LogP contribution in [0.2, 0.25) is 0 Å². The van der Waals surface area contributed by atoms with Gasteiger partial charge in [-0.05, 0) is 6.08 Å². The van der Waals surface area contributed by atoms with Gasteiger partial charge in [0.2, 0.25) is 0 Å². The van der Waals surface area contributed by atoms with E-state index in [1.54, 1.807) is 0 Å². The van der Waals surface area contributed by atoms with Gasteiger partial charge in [-0.25, -0.2) is 4.79 Å². The Morgan fingerprint density at radius 1 is 1.55 bits per heavy atom. The van der Waals surface area contributed by atoms with E-state index in [2.05, 4.69) is 4.98 Å². The number of anilines is 1. The van der Waals surface area contributed by atoms with E-state index in [9.17, 15) is 23.1 Å². The third-order valence-corrected chi connectivity index (χ3v) is 3.16. The lowest BCUT2D eigenvalue weighted by Crippen LogP contribution is -2.28. The van der Waals surface area contributed by atoms with Crippen molar-refractivity contribution in [3.63, 3.8) is 0 Å². The molecule has 0 amide bonds. The summed E-state index contributed by atoms with van der Waals surface area (Å²) < 4.78 is 42.8. The Labute approximate surface area is 122 Å². The summed E-state index contributed by atoms with van der Waals surface area (Å²) in [5, 5.41) is 18.6. The first-order chi connectivity index (χ1) is 10.2. The van der Waals surface area contributed by atoms with Crippen molar-refractivity contribution in [3.8, 4) is 0 Å². The third kappa shape index (κ3) is 3.64. The highest BCUT2D eigenvalue weighted by Crippen LogP contribution is 2.28. The van der Waals surface area contributed by atoms with Gasteiger partial charge in [0.1, 0.15) is 18.1 Å². The van der Waals surface area contributed by atoms with E-state index in [0.717, 1.165) is 10.8 Å². The number of halogens is 3. The Kier molecular flexibility index (Phi) is 4.54. The average Bonchev–Trinajstić information content (AvgIpc) is 2.77. The van der Waals surface area contributed by atoms with Crippen LogP contribution in [0.3, 0.4) is 0 Å². The fourth-order valence-corrected chi connectivity index (χ4v) is 2.07. The first-order valence-corrected chi connectivity index (χ1v) is 6.30. The monoisotopic (exact) mass is 321 g/mol. The van der Waals surface area contributed by atoms with E-state index in [1.165, 1.54) is 0 Å². The number of alkyl halides is 3. The van der Waals surface area contributed by atoms with E-state index >= 15 is 0 Å². The molecular weight excluding hydrogens is 307 g/mol. The van der Waals surface area contributed by atoms with E-state index in [0.29, 0.717) is 6.08 Å². The average molecular weight is 321 g/mol. The van der Waals surface area contributed by atoms with Crippen LogP contribution in [0.4, 0.5) is 19.0 Å². The molecule has 1 saturated heterocycles. The van der Waals surface area contributed by atoms with Crippen LogP contribution in [0.1, 0.15) is 18.2 Å². The molecule has 3 atom stereocenters. The summed E-state index contributed by atoms with van der Waals surface area (Å²) in [6.45, 7) is -0.449. The van der Waals surface area contributed by atoms with Gasteiger partial charge in [0.05, 0.1) is 12.7 Å². The summed E-state index contributed by atoms with van der Waals surface area (Å²) in [4.78, 5) is 15.2. The summed E-state index contributed by atoms with van der Waals surface area (Å²) in [6.07, 6.45) is -5.61. The molecule has 1 aliphatic rings. The highest BCUT2D eigenvalue weighted by atomic mass is 19.4. The molecule has 0 unspecified atom stereocenters. The van der Waals surface area contributed by atoms with Crippen LogP contribution in [0, 0.1) is 0 Å². The number of hydrogen-bond acceptors (Lipinski definition) is 6. The molecule has 0 spiro atoms. The quantitative estimate of drug-likeness (QED) is 0.725. The largest absolute Gasteiger partial charge is 0.409 e. The zero-order chi connectivity index (χ0) is 16.5. The van der Waals surface area contributed by atoms with Crippen molar-refractivity contribution in [1.29, 1.82) is 0 Å². The van der Waals surface area contributed by atoms with Crippen molar-refractivity contribution in [2.75, 3.05) is 12.3 Å². The fraction of sp³-hybridized carbons (Fsp3) is 0.500. The standard InChI is InChI=1S/C12H14F3N3O4/c13-12(14,15)2-1-6-4-18(11(21)17-10(6)16)9-3-7(20)8(5-19)22-9/h1-2,4,7-9,19-20H,3,5H2,(H2,16,17,21)/t7-,8+,9+/m0/s1. The molecule has 1 aromatic heterocycles. The lowest BCUT2D eigenvalue weighted by Gasteiger charge is -2.15. The molecular formula is C12H14F3N3O4. The summed E-state index contributed by atoms with van der Waals surface area (Å²) in [5.74, 6) is -0.348. The second-order valence-electron chi connectivity index (χ2n) is 4.76. The topological polar surface area (TPSA) is 111 Å². The molecule has 2 rings (SSSR count). The van der Waals surface area contributed by atoms with E-state index in [4.69, 9.17) is 15.6 Å². The Bertz CT molecular complexity index is 629. The zero-order valence-corrected chi connectivity index (χ0v) is 11.2. The molecule has 122 valence electrons. The zero-order valence-electron chi connectivity index (χ0n) is 11.2. The molecule has 1 aromatic rings. The van der Waals surface area contributed by atoms with Gasteiger partial charge < -0.3 is 20.7 Å². The van der Waals surface area contributed by atoms with E-state index in [-0.39, 0.29) is 23.9 Å². The Morgan fingerprint density at radius 2 is 2.23 bits per heavy atom. The Balaban J connectivity index is 2.33. The van der Waals surface area contributed by atoms with E-state index < -0.39 is 36.9 Å². The first-order valence-electron chi connectivity index (χ1n) is 6.30. The number of ether oxygens (including phenoxy) is 1. The molecule has 2 heterocycles. The van der Waals surface area contributed by atoms with Gasteiger partial charge in [-0.15, -0.1) is 0 Å². The molecule has 0 aliphatic carbocycles. The van der Waals surface area contributed by atoms with Crippen molar-refractivity contribution in [1.82, 2.24) is 9.55 Å². The summed E-state index contributed by atoms with van der Waals surface area (Å²) in [6, 6.07) is 0. The highest BCUT2D eigenvalue weighted by molar-refractivity contribution is 5.60. The second-order valence-corrected chi connectivity index (χ2v) is 4.76. The molecule has 7 nitrogen and oxygen atoms in total. The van der Waals surface area contributed by atoms with E-state index in [1.807, 2.05) is 0 Å². The second kappa shape index (κ2) is 6.07. The number of aromatic nitrogens is 2. The predicted molar refractivity (Wildman–Crippen MR) is 69.6 cm³/mol. The van der Waals surface area contributed by atoms with Gasteiger partial charge in [-0.1, -0.05) is 0 Å². The van der Waals surface area contributed by atoms with Crippen molar-refractivity contribution >= 4 is 11.9 Å². The summed E-state index contributed by atoms with van der Waals surface area (Å²) in [5.41, 5.74) is 4.50. The number of aliphatic hydroxyl groups is 2. The number of nitrogens with two attached hydrogens (primary N) is 1. The lowest BCUT2D eigenvalue weighted by atomic mass is 10.2. The molecule has 22 heavy (non-hydrogen) atoms. The number of nitrogen functional groups attached to an aromatic ring is 1. The van der Waals surface area contributed by atoms with Crippen LogP contribution < -0.4 is 11.4 Å². The minimum Gasteiger partial charge on any atom is -0.394 e. The SMILES string of the molecule is Nc1nc(=O)n([C@H]2C[C@H](O)[C@@H](CO)O2)cc1C=CC(F)(F)F. The van der Waals surface area contributed by atoms with Crippen molar-refractivity contribution in [2.24, 2.45) is 0 Å². The molecule has 0 saturated carbocycles. The van der Waals surface area contributed by atoms with Crippen LogP contribution in [-0.4, -0.2) is 44.8 Å². The van der Waals surface area contributed by atoms with Gasteiger partial charge in [0.25, 0.3) is 0 Å². The van der Waals surface area contributed by atoms with Crippen molar-refractivity contribution < 1.29 is 28.1 Å². The van der Waals surface area contributed by atoms with Crippen LogP contribution in [-0.2, 0) is 4.74 Å². The van der Waals surface area contributed by atoms with Gasteiger partial charge in [-0.2, -0.15) is 18.2 Å². The van der Waals surface area contributed by atoms with Gasteiger partial charge in [-0.3, -0.25) is 4.57 Å². The normalized spacial score (nSPS) is 26.0. The smallest absolute Gasteiger partial charge is 0.394 e. The summed E-state index contributed by atoms with van der Waals surface area (Å²) in [7, 11) is 0. The molecule has 0 bridgehead atoms. The minimum atomic E-state index is -4.53. The van der Waals surface area contributed by atoms with Crippen molar-refractivity contribution in [2.45, 2.75) is 31.0 Å². The van der Waals surface area contributed by atoms with Crippen LogP contribution >= 0.6 is 0 Å². The number of rotatable bonds is 3. The Hall–Kier alpha value is -1.91. The van der Waals surface area contributed by atoms with Crippen LogP contribution in [0.25, 0.3) is 6.08 Å². The molecule has 10 heteroatoms. The fourth-order valence-electron chi connectivity index (χ4n) is 2.07. The molecule has 0 radical (unpaired) electrons. The first kappa shape index (κ1) is 16.5. The number of nitrogens with zero attached hydrogens (tertiary/aromatic N) is 2. The molecule has 0 aromatic carbocycles. The Morgan fingerprint density at radius 3 is 2.77 bits per heavy atom.